The van der Waals surface area contributed by atoms with Gasteiger partial charge in [0.25, 0.3) is 0 Å². The zero-order valence-corrected chi connectivity index (χ0v) is 12.1. The smallest absolute Gasteiger partial charge is 0.337 e. The van der Waals surface area contributed by atoms with Crippen molar-refractivity contribution in [2.24, 2.45) is 0 Å². The highest BCUT2D eigenvalue weighted by molar-refractivity contribution is 6.37. The molecule has 1 aromatic rings. The lowest BCUT2D eigenvalue weighted by Gasteiger charge is -2.23. The molecule has 0 aromatic heterocycles. The van der Waals surface area contributed by atoms with Gasteiger partial charge in [0.1, 0.15) is 0 Å². The number of amides is 1. The number of carbonyl (C=O) groups excluding carboxylic acids is 1. The van der Waals surface area contributed by atoms with Crippen LogP contribution in [-0.4, -0.2) is 29.6 Å². The Morgan fingerprint density at radius 3 is 2.65 bits per heavy atom. The van der Waals surface area contributed by atoms with Crippen LogP contribution in [0.5, 0.6) is 0 Å². The molecule has 1 aliphatic rings. The van der Waals surface area contributed by atoms with Crippen LogP contribution in [0.2, 0.25) is 10.0 Å². The van der Waals surface area contributed by atoms with Crippen LogP contribution in [0.4, 0.5) is 5.69 Å². The summed E-state index contributed by atoms with van der Waals surface area (Å²) in [4.78, 5) is 23.3. The minimum Gasteiger partial charge on any atom is -0.478 e. The van der Waals surface area contributed by atoms with Gasteiger partial charge in [-0.15, -0.1) is 0 Å². The largest absolute Gasteiger partial charge is 0.478 e. The highest BCUT2D eigenvalue weighted by atomic mass is 35.5. The van der Waals surface area contributed by atoms with Gasteiger partial charge in [0.2, 0.25) is 5.91 Å². The number of hydrogen-bond donors (Lipinski definition) is 3. The van der Waals surface area contributed by atoms with Crippen LogP contribution in [0.1, 0.15) is 29.6 Å². The van der Waals surface area contributed by atoms with Crippen LogP contribution in [-0.2, 0) is 4.79 Å². The Labute approximate surface area is 126 Å². The van der Waals surface area contributed by atoms with Crippen LogP contribution >= 0.6 is 23.2 Å². The number of rotatable bonds is 3. The molecule has 0 radical (unpaired) electrons. The highest BCUT2D eigenvalue weighted by Gasteiger charge is 2.23. The maximum absolute atomic E-state index is 12.1. The molecule has 0 aliphatic carbocycles. The number of carbonyl (C=O) groups is 2. The summed E-state index contributed by atoms with van der Waals surface area (Å²) in [6, 6.07) is 2.34. The zero-order chi connectivity index (χ0) is 14.7. The minimum atomic E-state index is -1.19. The van der Waals surface area contributed by atoms with Crippen LogP contribution in [0.15, 0.2) is 12.1 Å². The van der Waals surface area contributed by atoms with Gasteiger partial charge in [-0.25, -0.2) is 4.79 Å². The van der Waals surface area contributed by atoms with E-state index in [1.54, 1.807) is 0 Å². The Hall–Kier alpha value is -1.30. The van der Waals surface area contributed by atoms with Crippen molar-refractivity contribution in [1.82, 2.24) is 5.32 Å². The van der Waals surface area contributed by atoms with E-state index in [2.05, 4.69) is 10.6 Å². The molecular formula is C13H14Cl2N2O3. The van der Waals surface area contributed by atoms with Gasteiger partial charge < -0.3 is 15.7 Å². The van der Waals surface area contributed by atoms with Crippen LogP contribution in [0, 0.1) is 0 Å². The third-order valence-electron chi connectivity index (χ3n) is 3.16. The number of halogens is 2. The number of benzene rings is 1. The van der Waals surface area contributed by atoms with Crippen molar-refractivity contribution in [3.8, 4) is 0 Å². The Kier molecular flexibility index (Phi) is 4.86. The molecule has 1 heterocycles. The molecular weight excluding hydrogens is 303 g/mol. The van der Waals surface area contributed by atoms with E-state index in [-0.39, 0.29) is 33.2 Å². The topological polar surface area (TPSA) is 78.4 Å². The van der Waals surface area contributed by atoms with Crippen molar-refractivity contribution >= 4 is 40.8 Å². The fourth-order valence-electron chi connectivity index (χ4n) is 2.16. The lowest BCUT2D eigenvalue weighted by molar-refractivity contribution is -0.118. The van der Waals surface area contributed by atoms with Crippen molar-refractivity contribution in [3.63, 3.8) is 0 Å². The normalized spacial score (nSPS) is 18.6. The summed E-state index contributed by atoms with van der Waals surface area (Å²) >= 11 is 11.8. The number of piperidine rings is 1. The van der Waals surface area contributed by atoms with Crippen molar-refractivity contribution in [3.05, 3.63) is 27.7 Å². The first-order chi connectivity index (χ1) is 9.49. The Morgan fingerprint density at radius 2 is 2.05 bits per heavy atom. The monoisotopic (exact) mass is 316 g/mol. The van der Waals surface area contributed by atoms with E-state index in [0.717, 1.165) is 25.8 Å². The fourth-order valence-corrected chi connectivity index (χ4v) is 2.70. The van der Waals surface area contributed by atoms with Gasteiger partial charge in [0.15, 0.2) is 0 Å². The van der Waals surface area contributed by atoms with E-state index in [4.69, 9.17) is 28.3 Å². The number of nitrogens with one attached hydrogen (secondary N) is 2. The fraction of sp³-hybridized carbons (Fsp3) is 0.385. The van der Waals surface area contributed by atoms with Crippen molar-refractivity contribution < 1.29 is 14.7 Å². The molecule has 20 heavy (non-hydrogen) atoms. The quantitative estimate of drug-likeness (QED) is 0.801. The predicted octanol–water partition coefficient (Wildman–Crippen LogP) is 2.77. The second-order valence-electron chi connectivity index (χ2n) is 4.61. The first kappa shape index (κ1) is 15.1. The third-order valence-corrected chi connectivity index (χ3v) is 3.68. The molecule has 1 saturated heterocycles. The second-order valence-corrected chi connectivity index (χ2v) is 5.45. The maximum atomic E-state index is 12.1. The molecule has 1 fully saturated rings. The summed E-state index contributed by atoms with van der Waals surface area (Å²) in [5.41, 5.74) is -0.0346. The molecule has 108 valence electrons. The average Bonchev–Trinajstić information content (AvgIpc) is 2.42. The van der Waals surface area contributed by atoms with Gasteiger partial charge in [0, 0.05) is 5.02 Å². The molecule has 0 saturated carbocycles. The van der Waals surface area contributed by atoms with Gasteiger partial charge >= 0.3 is 5.97 Å². The summed E-state index contributed by atoms with van der Waals surface area (Å²) in [5, 5.41) is 15.1. The van der Waals surface area contributed by atoms with Crippen molar-refractivity contribution in [2.75, 3.05) is 11.9 Å². The number of anilines is 1. The number of aromatic carboxylic acids is 1. The Bertz CT molecular complexity index is 543. The maximum Gasteiger partial charge on any atom is 0.337 e. The number of carboxylic acids is 1. The lowest BCUT2D eigenvalue weighted by Crippen LogP contribution is -2.43. The molecule has 0 spiro atoms. The molecule has 1 unspecified atom stereocenters. The van der Waals surface area contributed by atoms with E-state index in [1.807, 2.05) is 0 Å². The zero-order valence-electron chi connectivity index (χ0n) is 10.6. The molecule has 1 aliphatic heterocycles. The van der Waals surface area contributed by atoms with Crippen LogP contribution < -0.4 is 10.6 Å². The van der Waals surface area contributed by atoms with Crippen LogP contribution in [0.3, 0.4) is 0 Å². The molecule has 1 atom stereocenters. The number of hydrogen-bond acceptors (Lipinski definition) is 3. The first-order valence-corrected chi connectivity index (χ1v) is 7.01. The number of carboxylic acid groups (broad SMARTS) is 1. The van der Waals surface area contributed by atoms with E-state index in [1.165, 1.54) is 12.1 Å². The molecule has 7 heteroatoms. The molecule has 0 bridgehead atoms. The van der Waals surface area contributed by atoms with E-state index >= 15 is 0 Å². The summed E-state index contributed by atoms with van der Waals surface area (Å²) in [6.07, 6.45) is 2.72. The Morgan fingerprint density at radius 1 is 1.30 bits per heavy atom. The molecule has 3 N–H and O–H groups in total. The first-order valence-electron chi connectivity index (χ1n) is 6.25. The summed E-state index contributed by atoms with van der Waals surface area (Å²) < 4.78 is 0. The van der Waals surface area contributed by atoms with Crippen LogP contribution in [0.25, 0.3) is 0 Å². The third kappa shape index (κ3) is 3.42. The van der Waals surface area contributed by atoms with Crippen molar-refractivity contribution in [1.29, 1.82) is 0 Å². The van der Waals surface area contributed by atoms with E-state index in [9.17, 15) is 9.59 Å². The molecule has 2 rings (SSSR count). The van der Waals surface area contributed by atoms with E-state index in [0.29, 0.717) is 0 Å². The second kappa shape index (κ2) is 6.43. The average molecular weight is 317 g/mol. The van der Waals surface area contributed by atoms with Gasteiger partial charge in [0.05, 0.1) is 22.3 Å². The standard InChI is InChI=1S/C13H14Cl2N2O3/c14-7-5-8(13(19)20)11(9(15)6-7)17-12(18)10-3-1-2-4-16-10/h5-6,10,16H,1-4H2,(H,17,18)(H,19,20). The Balaban J connectivity index is 2.23. The molecule has 1 aromatic carbocycles. The van der Waals surface area contributed by atoms with Crippen molar-refractivity contribution in [2.45, 2.75) is 25.3 Å². The van der Waals surface area contributed by atoms with Gasteiger partial charge in [-0.2, -0.15) is 0 Å². The summed E-state index contributed by atoms with van der Waals surface area (Å²) in [7, 11) is 0. The summed E-state index contributed by atoms with van der Waals surface area (Å²) in [5.74, 6) is -1.47. The SMILES string of the molecule is O=C(O)c1cc(Cl)cc(Cl)c1NC(=O)C1CCCCN1. The van der Waals surface area contributed by atoms with E-state index < -0.39 is 5.97 Å². The summed E-state index contributed by atoms with van der Waals surface area (Å²) in [6.45, 7) is 0.776. The van der Waals surface area contributed by atoms with Gasteiger partial charge in [-0.1, -0.05) is 29.6 Å². The van der Waals surface area contributed by atoms with Gasteiger partial charge in [-0.05, 0) is 31.5 Å². The minimum absolute atomic E-state index is 0.0842. The van der Waals surface area contributed by atoms with Gasteiger partial charge in [-0.3, -0.25) is 4.79 Å². The molecule has 1 amide bonds. The molecule has 5 nitrogen and oxygen atoms in total. The lowest BCUT2D eigenvalue weighted by atomic mass is 10.0. The highest BCUT2D eigenvalue weighted by Crippen LogP contribution is 2.30. The predicted molar refractivity (Wildman–Crippen MR) is 77.7 cm³/mol.